The molecule has 1 amide bonds. The molecule has 134 valence electrons. The number of imidazole rings is 1. The summed E-state index contributed by atoms with van der Waals surface area (Å²) in [5.74, 6) is 0.216. The number of rotatable bonds is 4. The summed E-state index contributed by atoms with van der Waals surface area (Å²) in [5, 5.41) is 2.02. The van der Waals surface area contributed by atoms with E-state index in [1.165, 1.54) is 12.3 Å². The van der Waals surface area contributed by atoms with Gasteiger partial charge >= 0.3 is 0 Å². The highest BCUT2D eigenvalue weighted by Gasteiger charge is 2.29. The van der Waals surface area contributed by atoms with E-state index in [1.54, 1.807) is 22.4 Å². The zero-order valence-electron chi connectivity index (χ0n) is 14.1. The van der Waals surface area contributed by atoms with Crippen LogP contribution in [0.4, 0.5) is 4.39 Å². The number of hydrogen-bond acceptors (Lipinski definition) is 5. The average molecular weight is 371 g/mol. The van der Waals surface area contributed by atoms with E-state index in [9.17, 15) is 9.18 Å². The summed E-state index contributed by atoms with van der Waals surface area (Å²) in [7, 11) is 0. The fourth-order valence-electron chi connectivity index (χ4n) is 3.40. The van der Waals surface area contributed by atoms with Crippen LogP contribution in [0.1, 0.15) is 40.6 Å². The van der Waals surface area contributed by atoms with Gasteiger partial charge in [0.15, 0.2) is 5.82 Å². The molecule has 0 bridgehead atoms. The maximum atomic E-state index is 13.9. The van der Waals surface area contributed by atoms with Crippen molar-refractivity contribution in [3.8, 4) is 0 Å². The minimum atomic E-state index is -0.579. The lowest BCUT2D eigenvalue weighted by molar-refractivity contribution is 0.0698. The molecule has 4 rings (SSSR count). The Morgan fingerprint density at radius 2 is 2.27 bits per heavy atom. The molecule has 4 heterocycles. The minimum absolute atomic E-state index is 0.0754. The van der Waals surface area contributed by atoms with E-state index < -0.39 is 5.82 Å². The maximum absolute atomic E-state index is 13.9. The topological polar surface area (TPSA) is 63.9 Å². The van der Waals surface area contributed by atoms with Crippen molar-refractivity contribution in [3.05, 3.63) is 64.6 Å². The van der Waals surface area contributed by atoms with Crippen LogP contribution in [0.5, 0.6) is 0 Å². The molecule has 0 aromatic carbocycles. The standard InChI is InChI=1S/C18H18FN5OS/c19-16-8-20-4-3-15(16)18(25)24-6-1-2-13(9-24)17-21-5-7-23(17)10-14-11-26-12-22-14/h3-5,7-8,11-13H,1-2,6,9-10H2. The van der Waals surface area contributed by atoms with Crippen molar-refractivity contribution in [3.63, 3.8) is 0 Å². The first-order chi connectivity index (χ1) is 12.7. The molecule has 1 saturated heterocycles. The van der Waals surface area contributed by atoms with Gasteiger partial charge in [-0.15, -0.1) is 11.3 Å². The van der Waals surface area contributed by atoms with Gasteiger partial charge in [0.25, 0.3) is 5.91 Å². The Morgan fingerprint density at radius 3 is 3.08 bits per heavy atom. The molecular weight excluding hydrogens is 353 g/mol. The summed E-state index contributed by atoms with van der Waals surface area (Å²) < 4.78 is 16.0. The maximum Gasteiger partial charge on any atom is 0.256 e. The van der Waals surface area contributed by atoms with Crippen molar-refractivity contribution in [2.45, 2.75) is 25.3 Å². The van der Waals surface area contributed by atoms with Crippen molar-refractivity contribution in [2.75, 3.05) is 13.1 Å². The smallest absolute Gasteiger partial charge is 0.256 e. The van der Waals surface area contributed by atoms with Gasteiger partial charge in [-0.3, -0.25) is 9.78 Å². The number of likely N-dealkylation sites (tertiary alicyclic amines) is 1. The van der Waals surface area contributed by atoms with Crippen LogP contribution >= 0.6 is 11.3 Å². The number of amides is 1. The summed E-state index contributed by atoms with van der Waals surface area (Å²) in [6.45, 7) is 1.83. The molecule has 26 heavy (non-hydrogen) atoms. The third-order valence-electron chi connectivity index (χ3n) is 4.64. The van der Waals surface area contributed by atoms with E-state index in [4.69, 9.17) is 0 Å². The van der Waals surface area contributed by atoms with Crippen LogP contribution in [0.15, 0.2) is 41.7 Å². The van der Waals surface area contributed by atoms with E-state index in [0.29, 0.717) is 19.6 Å². The molecule has 3 aromatic heterocycles. The molecule has 1 aliphatic heterocycles. The van der Waals surface area contributed by atoms with Gasteiger partial charge in [-0.25, -0.2) is 14.4 Å². The van der Waals surface area contributed by atoms with Crippen molar-refractivity contribution in [2.24, 2.45) is 0 Å². The normalized spacial score (nSPS) is 17.4. The van der Waals surface area contributed by atoms with E-state index >= 15 is 0 Å². The Bertz CT molecular complexity index is 895. The fraction of sp³-hybridized carbons (Fsp3) is 0.333. The largest absolute Gasteiger partial charge is 0.338 e. The monoisotopic (exact) mass is 371 g/mol. The van der Waals surface area contributed by atoms with Gasteiger partial charge in [0, 0.05) is 43.0 Å². The Morgan fingerprint density at radius 1 is 1.35 bits per heavy atom. The lowest BCUT2D eigenvalue weighted by atomic mass is 9.96. The van der Waals surface area contributed by atoms with Crippen molar-refractivity contribution in [1.29, 1.82) is 0 Å². The Labute approximate surface area is 154 Å². The Balaban J connectivity index is 1.52. The van der Waals surface area contributed by atoms with E-state index in [-0.39, 0.29) is 17.4 Å². The van der Waals surface area contributed by atoms with E-state index in [0.717, 1.165) is 30.6 Å². The second-order valence-corrected chi connectivity index (χ2v) is 7.06. The number of aromatic nitrogens is 4. The molecular formula is C18H18FN5OS. The van der Waals surface area contributed by atoms with Gasteiger partial charge in [0.1, 0.15) is 5.82 Å². The summed E-state index contributed by atoms with van der Waals surface area (Å²) >= 11 is 1.57. The van der Waals surface area contributed by atoms with Crippen molar-refractivity contribution < 1.29 is 9.18 Å². The average Bonchev–Trinajstić information content (AvgIpc) is 3.34. The Hall–Kier alpha value is -2.61. The second-order valence-electron chi connectivity index (χ2n) is 6.34. The summed E-state index contributed by atoms with van der Waals surface area (Å²) in [4.78, 5) is 27.0. The summed E-state index contributed by atoms with van der Waals surface area (Å²) in [5.41, 5.74) is 2.89. The number of carbonyl (C=O) groups excluding carboxylic acids is 1. The summed E-state index contributed by atoms with van der Waals surface area (Å²) in [6, 6.07) is 1.43. The van der Waals surface area contributed by atoms with Crippen LogP contribution in [-0.2, 0) is 6.54 Å². The second kappa shape index (κ2) is 7.33. The molecule has 0 radical (unpaired) electrons. The number of hydrogen-bond donors (Lipinski definition) is 0. The van der Waals surface area contributed by atoms with Crippen LogP contribution in [0.2, 0.25) is 0 Å². The lowest BCUT2D eigenvalue weighted by Gasteiger charge is -2.32. The van der Waals surface area contributed by atoms with E-state index in [2.05, 4.69) is 19.5 Å². The molecule has 0 N–H and O–H groups in total. The summed E-state index contributed by atoms with van der Waals surface area (Å²) in [6.07, 6.45) is 8.07. The number of nitrogens with zero attached hydrogens (tertiary/aromatic N) is 5. The molecule has 1 unspecified atom stereocenters. The number of piperidine rings is 1. The van der Waals surface area contributed by atoms with Crippen LogP contribution in [0.3, 0.4) is 0 Å². The number of halogens is 1. The van der Waals surface area contributed by atoms with Crippen molar-refractivity contribution >= 4 is 17.2 Å². The van der Waals surface area contributed by atoms with Gasteiger partial charge < -0.3 is 9.47 Å². The zero-order valence-corrected chi connectivity index (χ0v) is 14.9. The van der Waals surface area contributed by atoms with Crippen LogP contribution in [0, 0.1) is 5.82 Å². The van der Waals surface area contributed by atoms with Crippen LogP contribution < -0.4 is 0 Å². The molecule has 3 aromatic rings. The first-order valence-corrected chi connectivity index (χ1v) is 9.43. The first kappa shape index (κ1) is 16.8. The van der Waals surface area contributed by atoms with Gasteiger partial charge in [0.2, 0.25) is 0 Å². The first-order valence-electron chi connectivity index (χ1n) is 8.49. The number of carbonyl (C=O) groups is 1. The highest BCUT2D eigenvalue weighted by Crippen LogP contribution is 2.27. The van der Waals surface area contributed by atoms with Gasteiger partial charge in [0.05, 0.1) is 29.5 Å². The molecule has 0 aliphatic carbocycles. The lowest BCUT2D eigenvalue weighted by Crippen LogP contribution is -2.40. The predicted octanol–water partition coefficient (Wildman–Crippen LogP) is 2.94. The molecule has 0 saturated carbocycles. The molecule has 1 fully saturated rings. The SMILES string of the molecule is O=C(c1ccncc1F)N1CCCC(c2nccn2Cc2cscn2)C1. The highest BCUT2D eigenvalue weighted by molar-refractivity contribution is 7.07. The van der Waals surface area contributed by atoms with Crippen molar-refractivity contribution in [1.82, 2.24) is 24.4 Å². The number of thiazole rings is 1. The van der Waals surface area contributed by atoms with Gasteiger partial charge in [-0.1, -0.05) is 0 Å². The van der Waals surface area contributed by atoms with E-state index in [1.807, 2.05) is 17.1 Å². The molecule has 6 nitrogen and oxygen atoms in total. The van der Waals surface area contributed by atoms with Crippen LogP contribution in [0.25, 0.3) is 0 Å². The molecule has 0 spiro atoms. The third-order valence-corrected chi connectivity index (χ3v) is 5.28. The quantitative estimate of drug-likeness (QED) is 0.707. The van der Waals surface area contributed by atoms with Crippen LogP contribution in [-0.4, -0.2) is 43.4 Å². The molecule has 1 atom stereocenters. The zero-order chi connectivity index (χ0) is 17.9. The molecule has 8 heteroatoms. The fourth-order valence-corrected chi connectivity index (χ4v) is 3.95. The minimum Gasteiger partial charge on any atom is -0.338 e. The third kappa shape index (κ3) is 3.37. The predicted molar refractivity (Wildman–Crippen MR) is 95.5 cm³/mol. The van der Waals surface area contributed by atoms with Gasteiger partial charge in [-0.05, 0) is 18.9 Å². The number of pyridine rings is 1. The van der Waals surface area contributed by atoms with Gasteiger partial charge in [-0.2, -0.15) is 0 Å². The molecule has 1 aliphatic rings. The Kier molecular flexibility index (Phi) is 4.75. The highest BCUT2D eigenvalue weighted by atomic mass is 32.1.